The average molecular weight is 469 g/mol. The van der Waals surface area contributed by atoms with Crippen LogP contribution in [0.3, 0.4) is 0 Å². The van der Waals surface area contributed by atoms with Crippen molar-refractivity contribution < 1.29 is 28.3 Å². The van der Waals surface area contributed by atoms with Crippen molar-refractivity contribution in [3.05, 3.63) is 101 Å². The van der Waals surface area contributed by atoms with E-state index in [9.17, 15) is 23.6 Å². The van der Waals surface area contributed by atoms with Gasteiger partial charge in [-0.2, -0.15) is 0 Å². The van der Waals surface area contributed by atoms with Gasteiger partial charge in [0.25, 0.3) is 0 Å². The van der Waals surface area contributed by atoms with Gasteiger partial charge < -0.3 is 4.74 Å². The van der Waals surface area contributed by atoms with Crippen molar-refractivity contribution in [2.24, 2.45) is 11.8 Å². The van der Waals surface area contributed by atoms with Crippen molar-refractivity contribution >= 4 is 29.1 Å². The maximum Gasteiger partial charge on any atom is 0.241 e. The zero-order valence-electron chi connectivity index (χ0n) is 18.7. The van der Waals surface area contributed by atoms with E-state index in [-0.39, 0.29) is 11.1 Å². The number of carbonyl (C=O) groups excluding carboxylic acids is 4. The summed E-state index contributed by atoms with van der Waals surface area (Å²) in [5, 5.41) is 0. The summed E-state index contributed by atoms with van der Waals surface area (Å²) >= 11 is 0. The van der Waals surface area contributed by atoms with E-state index < -0.39 is 52.7 Å². The fourth-order valence-electron chi connectivity index (χ4n) is 5.74. The number of Topliss-reactive ketones (excluding diaryl/α,β-unsaturated/α-hetero) is 2. The van der Waals surface area contributed by atoms with Gasteiger partial charge in [-0.3, -0.25) is 19.2 Å². The van der Waals surface area contributed by atoms with Crippen LogP contribution < -0.4 is 4.90 Å². The van der Waals surface area contributed by atoms with Gasteiger partial charge in [0.2, 0.25) is 29.0 Å². The van der Waals surface area contributed by atoms with E-state index in [1.54, 1.807) is 24.3 Å². The lowest BCUT2D eigenvalue weighted by atomic mass is 9.77. The van der Waals surface area contributed by atoms with Gasteiger partial charge in [0.15, 0.2) is 0 Å². The topological polar surface area (TPSA) is 80.8 Å². The van der Waals surface area contributed by atoms with Crippen molar-refractivity contribution in [2.45, 2.75) is 25.0 Å². The summed E-state index contributed by atoms with van der Waals surface area (Å²) in [6, 6.07) is 18.7. The molecule has 35 heavy (non-hydrogen) atoms. The molecule has 2 amide bonds. The van der Waals surface area contributed by atoms with Crippen molar-refractivity contribution in [1.29, 1.82) is 0 Å². The second-order valence-corrected chi connectivity index (χ2v) is 9.03. The highest BCUT2D eigenvalue weighted by molar-refractivity contribution is 6.37. The minimum atomic E-state index is -2.14. The number of fused-ring (bicyclic) bond motifs is 3. The summed E-state index contributed by atoms with van der Waals surface area (Å²) in [7, 11) is 0. The Balaban J connectivity index is 1.55. The number of anilines is 1. The molecule has 3 atom stereocenters. The number of hydrogen-bond acceptors (Lipinski definition) is 5. The van der Waals surface area contributed by atoms with E-state index in [0.29, 0.717) is 17.7 Å². The van der Waals surface area contributed by atoms with E-state index in [1.165, 1.54) is 36.4 Å². The Morgan fingerprint density at radius 3 is 2.06 bits per heavy atom. The van der Waals surface area contributed by atoms with Gasteiger partial charge in [-0.15, -0.1) is 0 Å². The van der Waals surface area contributed by atoms with Crippen LogP contribution >= 0.6 is 0 Å². The zero-order valence-corrected chi connectivity index (χ0v) is 18.7. The number of rotatable bonds is 3. The molecule has 2 fully saturated rings. The van der Waals surface area contributed by atoms with Gasteiger partial charge in [-0.1, -0.05) is 61.5 Å². The number of imide groups is 1. The number of amides is 2. The summed E-state index contributed by atoms with van der Waals surface area (Å²) in [6.07, 6.45) is -0.493. The van der Waals surface area contributed by atoms with Crippen molar-refractivity contribution in [3.8, 4) is 0 Å². The van der Waals surface area contributed by atoms with Crippen LogP contribution in [-0.2, 0) is 20.7 Å². The standard InChI is InChI=1S/C28H20FNO5/c1-2-15-7-3-6-10-20(15)30-26(33)21-22(27(30)34)28(35-23(21)16-11-13-17(29)14-12-16)24(31)18-8-4-5-9-19(18)25(28)32/h3-14,21-23H,2H2,1H3/t21-,22-,23+/m0/s1. The Morgan fingerprint density at radius 1 is 0.829 bits per heavy atom. The van der Waals surface area contributed by atoms with E-state index in [2.05, 4.69) is 0 Å². The number of para-hydroxylation sites is 1. The van der Waals surface area contributed by atoms with Gasteiger partial charge in [0.1, 0.15) is 5.82 Å². The lowest BCUT2D eigenvalue weighted by Crippen LogP contribution is -2.51. The number of ether oxygens (including phenoxy) is 1. The third kappa shape index (κ3) is 2.73. The number of ketones is 2. The van der Waals surface area contributed by atoms with Gasteiger partial charge in [0.05, 0.1) is 23.6 Å². The molecule has 3 aromatic carbocycles. The molecular weight excluding hydrogens is 449 g/mol. The molecule has 174 valence electrons. The molecule has 0 saturated carbocycles. The zero-order chi connectivity index (χ0) is 24.5. The molecule has 3 aromatic rings. The molecule has 2 saturated heterocycles. The second-order valence-electron chi connectivity index (χ2n) is 9.03. The highest BCUT2D eigenvalue weighted by atomic mass is 19.1. The molecule has 0 radical (unpaired) electrons. The Bertz CT molecular complexity index is 1390. The third-order valence-corrected chi connectivity index (χ3v) is 7.33. The predicted molar refractivity (Wildman–Crippen MR) is 123 cm³/mol. The lowest BCUT2D eigenvalue weighted by molar-refractivity contribution is -0.127. The maximum atomic E-state index is 14.0. The molecule has 0 N–H and O–H groups in total. The molecule has 2 aliphatic heterocycles. The van der Waals surface area contributed by atoms with Crippen LogP contribution in [0.5, 0.6) is 0 Å². The number of aryl methyl sites for hydroxylation is 1. The largest absolute Gasteiger partial charge is 0.349 e. The van der Waals surface area contributed by atoms with Crippen LogP contribution in [0.25, 0.3) is 0 Å². The van der Waals surface area contributed by atoms with Crippen LogP contribution in [0, 0.1) is 17.7 Å². The number of halogens is 1. The molecule has 0 aromatic heterocycles. The molecule has 6 nitrogen and oxygen atoms in total. The molecule has 7 heteroatoms. The van der Waals surface area contributed by atoms with Gasteiger partial charge in [0, 0.05) is 11.1 Å². The van der Waals surface area contributed by atoms with E-state index in [0.717, 1.165) is 10.5 Å². The molecule has 0 bridgehead atoms. The van der Waals surface area contributed by atoms with Crippen LogP contribution in [0.15, 0.2) is 72.8 Å². The first kappa shape index (κ1) is 21.6. The van der Waals surface area contributed by atoms with Crippen LogP contribution in [0.2, 0.25) is 0 Å². The Morgan fingerprint density at radius 2 is 1.43 bits per heavy atom. The quantitative estimate of drug-likeness (QED) is 0.427. The monoisotopic (exact) mass is 469 g/mol. The molecule has 3 aliphatic rings. The summed E-state index contributed by atoms with van der Waals surface area (Å²) < 4.78 is 19.9. The number of hydrogen-bond donors (Lipinski definition) is 0. The molecule has 1 spiro atoms. The summed E-state index contributed by atoms with van der Waals surface area (Å²) in [4.78, 5) is 56.4. The maximum absolute atomic E-state index is 14.0. The minimum absolute atomic E-state index is 0.170. The first-order chi connectivity index (χ1) is 16.9. The van der Waals surface area contributed by atoms with E-state index >= 15 is 0 Å². The minimum Gasteiger partial charge on any atom is -0.349 e. The summed E-state index contributed by atoms with van der Waals surface area (Å²) in [5.74, 6) is -5.34. The van der Waals surface area contributed by atoms with Gasteiger partial charge >= 0.3 is 0 Å². The van der Waals surface area contributed by atoms with Gasteiger partial charge in [-0.25, -0.2) is 9.29 Å². The van der Waals surface area contributed by atoms with Crippen molar-refractivity contribution in [2.75, 3.05) is 4.90 Å². The normalized spacial score (nSPS) is 24.4. The van der Waals surface area contributed by atoms with Crippen LogP contribution in [0.1, 0.15) is 44.9 Å². The van der Waals surface area contributed by atoms with E-state index in [4.69, 9.17) is 4.74 Å². The Labute approximate surface area is 200 Å². The smallest absolute Gasteiger partial charge is 0.241 e. The SMILES string of the molecule is CCc1ccccc1N1C(=O)[C@@H]2[C@@H](c3ccc(F)cc3)OC3(C(=O)c4ccccc4C3=O)[C@@H]2C1=O. The molecular formula is C28H20FNO5. The Hall–Kier alpha value is -3.97. The van der Waals surface area contributed by atoms with Crippen molar-refractivity contribution in [3.63, 3.8) is 0 Å². The molecule has 1 aliphatic carbocycles. The van der Waals surface area contributed by atoms with Crippen molar-refractivity contribution in [1.82, 2.24) is 0 Å². The molecule has 6 rings (SSSR count). The third-order valence-electron chi connectivity index (χ3n) is 7.33. The van der Waals surface area contributed by atoms with E-state index in [1.807, 2.05) is 19.1 Å². The molecule has 0 unspecified atom stereocenters. The van der Waals surface area contributed by atoms with Crippen LogP contribution in [0.4, 0.5) is 10.1 Å². The fourth-order valence-corrected chi connectivity index (χ4v) is 5.74. The highest BCUT2D eigenvalue weighted by Crippen LogP contribution is 2.57. The predicted octanol–water partition coefficient (Wildman–Crippen LogP) is 4.08. The first-order valence-electron chi connectivity index (χ1n) is 11.5. The first-order valence-corrected chi connectivity index (χ1v) is 11.5. The van der Waals surface area contributed by atoms with Gasteiger partial charge in [-0.05, 0) is 35.7 Å². The summed E-state index contributed by atoms with van der Waals surface area (Å²) in [5.41, 5.74) is -0.164. The number of benzene rings is 3. The fraction of sp³-hybridized carbons (Fsp3) is 0.214. The average Bonchev–Trinajstić information content (AvgIpc) is 3.44. The van der Waals surface area contributed by atoms with Crippen LogP contribution in [-0.4, -0.2) is 29.0 Å². The number of carbonyl (C=O) groups is 4. The highest BCUT2D eigenvalue weighted by Gasteiger charge is 2.74. The lowest BCUT2D eigenvalue weighted by Gasteiger charge is -2.28. The number of nitrogens with zero attached hydrogens (tertiary/aromatic N) is 1. The Kier molecular flexibility index (Phi) is 4.63. The summed E-state index contributed by atoms with van der Waals surface area (Å²) in [6.45, 7) is 1.91. The second kappa shape index (κ2) is 7.52. The molecule has 2 heterocycles.